The van der Waals surface area contributed by atoms with Crippen molar-refractivity contribution in [2.45, 2.75) is 13.8 Å². The lowest BCUT2D eigenvalue weighted by atomic mass is 9.94. The van der Waals surface area contributed by atoms with Crippen molar-refractivity contribution < 1.29 is 4.79 Å². The van der Waals surface area contributed by atoms with E-state index >= 15 is 0 Å². The molecule has 1 rings (SSSR count). The molecule has 0 aliphatic heterocycles. The van der Waals surface area contributed by atoms with Crippen molar-refractivity contribution >= 4 is 5.78 Å². The van der Waals surface area contributed by atoms with Crippen molar-refractivity contribution in [1.29, 1.82) is 0 Å². The third-order valence-electron chi connectivity index (χ3n) is 1.99. The van der Waals surface area contributed by atoms with Crippen LogP contribution in [0.2, 0.25) is 0 Å². The predicted octanol–water partition coefficient (Wildman–Crippen LogP) is 1.40. The van der Waals surface area contributed by atoms with Crippen molar-refractivity contribution in [3.05, 3.63) is 11.6 Å². The summed E-state index contributed by atoms with van der Waals surface area (Å²) in [5.41, 5.74) is 1.03. The summed E-state index contributed by atoms with van der Waals surface area (Å²) in [7, 11) is 0. The molecule has 0 aromatic heterocycles. The van der Waals surface area contributed by atoms with Crippen LogP contribution in [0.3, 0.4) is 0 Å². The minimum atomic E-state index is 0.00463. The first-order chi connectivity index (χ1) is 4.66. The first-order valence-corrected chi connectivity index (χ1v) is 3.35. The van der Waals surface area contributed by atoms with Gasteiger partial charge < -0.3 is 0 Å². The number of allylic oxidation sites excluding steroid dienone is 2. The topological polar surface area (TPSA) is 17.1 Å². The zero-order chi connectivity index (χ0) is 7.72. The molecule has 0 spiro atoms. The molecule has 0 N–H and O–H groups in total. The fourth-order valence-electron chi connectivity index (χ4n) is 1.28. The normalized spacial score (nSPS) is 31.7. The molecule has 52 valence electrons. The molecule has 0 bridgehead atoms. The number of terminal acetylenes is 1. The molecule has 0 fully saturated rings. The Morgan fingerprint density at radius 1 is 1.70 bits per heavy atom. The largest absolute Gasteiger partial charge is 0.294 e. The zero-order valence-corrected chi connectivity index (χ0v) is 6.22. The van der Waals surface area contributed by atoms with Crippen LogP contribution in [-0.2, 0) is 4.79 Å². The maximum absolute atomic E-state index is 11.0. The number of carbonyl (C=O) groups is 1. The Hall–Kier alpha value is -1.03. The molecule has 0 amide bonds. The molecule has 0 heterocycles. The van der Waals surface area contributed by atoms with Crippen LogP contribution in [0.1, 0.15) is 13.8 Å². The molecule has 0 radical (unpaired) electrons. The molecule has 1 aliphatic carbocycles. The van der Waals surface area contributed by atoms with Gasteiger partial charge in [-0.25, -0.2) is 0 Å². The Balaban J connectivity index is 2.91. The smallest absolute Gasteiger partial charge is 0.160 e. The highest BCUT2D eigenvalue weighted by molar-refractivity contribution is 5.95. The summed E-state index contributed by atoms with van der Waals surface area (Å²) in [5.74, 6) is 2.83. The molecular weight excluding hydrogens is 124 g/mol. The quantitative estimate of drug-likeness (QED) is 0.458. The summed E-state index contributed by atoms with van der Waals surface area (Å²) in [6.45, 7) is 3.78. The van der Waals surface area contributed by atoms with Crippen molar-refractivity contribution in [2.75, 3.05) is 0 Å². The summed E-state index contributed by atoms with van der Waals surface area (Å²) in [5, 5.41) is 0. The van der Waals surface area contributed by atoms with Gasteiger partial charge in [0.2, 0.25) is 0 Å². The Morgan fingerprint density at radius 3 is 2.50 bits per heavy atom. The Kier molecular flexibility index (Phi) is 1.63. The van der Waals surface area contributed by atoms with E-state index in [4.69, 9.17) is 6.42 Å². The van der Waals surface area contributed by atoms with Crippen LogP contribution in [0.25, 0.3) is 0 Å². The Morgan fingerprint density at radius 2 is 2.30 bits per heavy atom. The van der Waals surface area contributed by atoms with Gasteiger partial charge in [-0.3, -0.25) is 4.79 Å². The fourth-order valence-corrected chi connectivity index (χ4v) is 1.28. The highest BCUT2D eigenvalue weighted by atomic mass is 16.1. The number of ketones is 1. The van der Waals surface area contributed by atoms with Crippen LogP contribution in [0.15, 0.2) is 11.6 Å². The summed E-state index contributed by atoms with van der Waals surface area (Å²) in [6.07, 6.45) is 6.88. The summed E-state index contributed by atoms with van der Waals surface area (Å²) >= 11 is 0. The van der Waals surface area contributed by atoms with Crippen LogP contribution in [0, 0.1) is 24.2 Å². The summed E-state index contributed by atoms with van der Waals surface area (Å²) < 4.78 is 0. The standard InChI is InChI=1S/C9H10O/c1-4-8-6(2)5-9(10)7(8)3/h1,5,7-8H,2-3H3/t7-,8+/m0/s1. The van der Waals surface area contributed by atoms with Gasteiger partial charge in [-0.1, -0.05) is 18.4 Å². The highest BCUT2D eigenvalue weighted by Crippen LogP contribution is 2.27. The number of hydrogen-bond acceptors (Lipinski definition) is 1. The highest BCUT2D eigenvalue weighted by Gasteiger charge is 2.28. The maximum Gasteiger partial charge on any atom is 0.160 e. The number of rotatable bonds is 0. The van der Waals surface area contributed by atoms with E-state index in [1.807, 2.05) is 13.8 Å². The van der Waals surface area contributed by atoms with E-state index in [1.54, 1.807) is 6.08 Å². The van der Waals surface area contributed by atoms with Crippen molar-refractivity contribution in [2.24, 2.45) is 11.8 Å². The molecule has 0 saturated carbocycles. The number of hydrogen-bond donors (Lipinski definition) is 0. The van der Waals surface area contributed by atoms with E-state index in [1.165, 1.54) is 0 Å². The lowest BCUT2D eigenvalue weighted by Gasteiger charge is -2.07. The van der Waals surface area contributed by atoms with Gasteiger partial charge in [-0.05, 0) is 13.0 Å². The van der Waals surface area contributed by atoms with E-state index in [0.29, 0.717) is 0 Å². The fraction of sp³-hybridized carbons (Fsp3) is 0.444. The van der Waals surface area contributed by atoms with Crippen LogP contribution in [0.4, 0.5) is 0 Å². The predicted molar refractivity (Wildman–Crippen MR) is 40.3 cm³/mol. The molecular formula is C9H10O. The molecule has 1 nitrogen and oxygen atoms in total. The second-order valence-corrected chi connectivity index (χ2v) is 2.72. The lowest BCUT2D eigenvalue weighted by molar-refractivity contribution is -0.117. The summed E-state index contributed by atoms with van der Waals surface area (Å²) in [6, 6.07) is 0. The first kappa shape index (κ1) is 7.08. The molecule has 2 atom stereocenters. The molecule has 0 aromatic carbocycles. The average Bonchev–Trinajstić information content (AvgIpc) is 2.09. The van der Waals surface area contributed by atoms with Gasteiger partial charge in [0.15, 0.2) is 5.78 Å². The molecule has 1 aliphatic rings. The van der Waals surface area contributed by atoms with Gasteiger partial charge >= 0.3 is 0 Å². The maximum atomic E-state index is 11.0. The monoisotopic (exact) mass is 134 g/mol. The Labute approximate surface area is 61.1 Å². The second-order valence-electron chi connectivity index (χ2n) is 2.72. The number of carbonyl (C=O) groups excluding carboxylic acids is 1. The van der Waals surface area contributed by atoms with Gasteiger partial charge in [0.05, 0.1) is 5.92 Å². The van der Waals surface area contributed by atoms with Gasteiger partial charge in [0.25, 0.3) is 0 Å². The van der Waals surface area contributed by atoms with E-state index in [2.05, 4.69) is 5.92 Å². The SMILES string of the molecule is C#C[C@@H]1C(C)=CC(=O)[C@H]1C. The second kappa shape index (κ2) is 2.30. The van der Waals surface area contributed by atoms with Crippen molar-refractivity contribution in [3.63, 3.8) is 0 Å². The van der Waals surface area contributed by atoms with E-state index < -0.39 is 0 Å². The average molecular weight is 134 g/mol. The van der Waals surface area contributed by atoms with Crippen LogP contribution in [-0.4, -0.2) is 5.78 Å². The van der Waals surface area contributed by atoms with Crippen LogP contribution in [0.5, 0.6) is 0 Å². The van der Waals surface area contributed by atoms with Gasteiger partial charge in [0, 0.05) is 5.92 Å². The van der Waals surface area contributed by atoms with E-state index in [9.17, 15) is 4.79 Å². The van der Waals surface area contributed by atoms with Crippen molar-refractivity contribution in [3.8, 4) is 12.3 Å². The van der Waals surface area contributed by atoms with Gasteiger partial charge in [0.1, 0.15) is 0 Å². The van der Waals surface area contributed by atoms with Gasteiger partial charge in [-0.15, -0.1) is 6.42 Å². The summed E-state index contributed by atoms with van der Waals surface area (Å²) in [4.78, 5) is 11.0. The van der Waals surface area contributed by atoms with Crippen molar-refractivity contribution in [1.82, 2.24) is 0 Å². The third kappa shape index (κ3) is 0.863. The molecule has 0 unspecified atom stereocenters. The molecule has 10 heavy (non-hydrogen) atoms. The van der Waals surface area contributed by atoms with E-state index in [0.717, 1.165) is 5.57 Å². The Bertz CT molecular complexity index is 230. The van der Waals surface area contributed by atoms with E-state index in [-0.39, 0.29) is 17.6 Å². The molecule has 0 aromatic rings. The molecule has 1 heteroatoms. The van der Waals surface area contributed by atoms with Crippen LogP contribution < -0.4 is 0 Å². The van der Waals surface area contributed by atoms with Gasteiger partial charge in [-0.2, -0.15) is 0 Å². The first-order valence-electron chi connectivity index (χ1n) is 3.35. The third-order valence-corrected chi connectivity index (χ3v) is 1.99. The lowest BCUT2D eigenvalue weighted by Crippen LogP contribution is -2.10. The zero-order valence-electron chi connectivity index (χ0n) is 6.22. The minimum Gasteiger partial charge on any atom is -0.294 e. The minimum absolute atomic E-state index is 0.00463. The molecule has 0 saturated heterocycles. The van der Waals surface area contributed by atoms with Crippen LogP contribution >= 0.6 is 0 Å².